The fourth-order valence-electron chi connectivity index (χ4n) is 2.76. The number of carbonyl (C=O) groups excluding carboxylic acids is 1. The van der Waals surface area contributed by atoms with Crippen LogP contribution in [-0.2, 0) is 39.3 Å². The molecule has 4 heteroatoms. The smallest absolute Gasteiger partial charge is 0.0684 e. The second-order valence-corrected chi connectivity index (χ2v) is 7.91. The van der Waals surface area contributed by atoms with Gasteiger partial charge in [-0.05, 0) is 36.3 Å². The van der Waals surface area contributed by atoms with Crippen molar-refractivity contribution in [2.75, 3.05) is 0 Å². The first-order valence-corrected chi connectivity index (χ1v) is 8.28. The normalized spacial score (nSPS) is 12.6. The van der Waals surface area contributed by atoms with Crippen molar-refractivity contribution in [1.82, 2.24) is 0 Å². The molecular weight excluding hydrogens is 381 g/mol. The molecule has 2 nitrogen and oxygen atoms in total. The molecule has 0 spiro atoms. The van der Waals surface area contributed by atoms with E-state index in [4.69, 9.17) is 0 Å². The number of carbonyl (C=O) groups is 1. The fraction of sp³-hybridized carbons (Fsp3) is 0.421. The van der Waals surface area contributed by atoms with E-state index in [1.165, 1.54) is 16.9 Å². The summed E-state index contributed by atoms with van der Waals surface area (Å²) in [7, 11) is 0. The molecule has 1 unspecified atom stereocenters. The molecule has 1 atom stereocenters. The molecule has 1 N–H and O–H groups in total. The van der Waals surface area contributed by atoms with Gasteiger partial charge in [-0.2, -0.15) is 12.1 Å². The van der Waals surface area contributed by atoms with E-state index in [0.29, 0.717) is 4.88 Å². The number of hydrogen-bond donors (Lipinski definition) is 1. The Bertz CT molecular complexity index is 683. The zero-order valence-electron chi connectivity index (χ0n) is 14.4. The minimum Gasteiger partial charge on any atom is -0.392 e. The molecule has 121 valence electrons. The summed E-state index contributed by atoms with van der Waals surface area (Å²) in [5, 5.41) is 9.53. The Kier molecular flexibility index (Phi) is 7.34. The number of rotatable bonds is 4. The van der Waals surface area contributed by atoms with Gasteiger partial charge in [-0.3, -0.25) is 0 Å². The summed E-state index contributed by atoms with van der Waals surface area (Å²) < 4.78 is 0. The average molecular weight is 404 g/mol. The zero-order chi connectivity index (χ0) is 16.5. The van der Waals surface area contributed by atoms with Crippen LogP contribution in [0.3, 0.4) is 0 Å². The Morgan fingerprint density at radius 2 is 2.00 bits per heavy atom. The molecule has 2 rings (SSSR count). The van der Waals surface area contributed by atoms with E-state index in [1.54, 1.807) is 6.92 Å². The van der Waals surface area contributed by atoms with Gasteiger partial charge in [0, 0.05) is 32.7 Å². The number of ketones is 1. The summed E-state index contributed by atoms with van der Waals surface area (Å²) in [4.78, 5) is 13.4. The van der Waals surface area contributed by atoms with E-state index in [1.807, 2.05) is 13.0 Å². The van der Waals surface area contributed by atoms with Crippen LogP contribution in [-0.4, -0.2) is 10.9 Å². The van der Waals surface area contributed by atoms with Crippen molar-refractivity contribution < 1.29 is 42.6 Å². The maximum atomic E-state index is 11.6. The quantitative estimate of drug-likeness (QED) is 0.591. The molecule has 2 aromatic rings. The number of aryl methyl sites for hydroxylation is 1. The molecule has 0 saturated carbocycles. The third-order valence-corrected chi connectivity index (χ3v) is 5.11. The van der Waals surface area contributed by atoms with Gasteiger partial charge in [-0.15, -0.1) is 0 Å². The largest absolute Gasteiger partial charge is 0.392 e. The van der Waals surface area contributed by atoms with Gasteiger partial charge in [-0.25, -0.2) is 11.3 Å². The first kappa shape index (κ1) is 20.7. The maximum absolute atomic E-state index is 11.6. The molecule has 1 aromatic heterocycles. The number of Topliss-reactive ketones (excluding diaryl/α,β-unsaturated/α-hetero) is 1. The average Bonchev–Trinajstić information content (AvgIpc) is 2.88. The summed E-state index contributed by atoms with van der Waals surface area (Å²) >= 11 is 1.52. The van der Waals surface area contributed by atoms with E-state index in [9.17, 15) is 9.90 Å². The van der Waals surface area contributed by atoms with Crippen LogP contribution in [0.5, 0.6) is 0 Å². The maximum Gasteiger partial charge on any atom is 0.0684 e. The predicted octanol–water partition coefficient (Wildman–Crippen LogP) is 4.73. The van der Waals surface area contributed by atoms with Crippen molar-refractivity contribution in [3.8, 4) is 0 Å². The van der Waals surface area contributed by atoms with Crippen LogP contribution >= 0.6 is 11.3 Å². The van der Waals surface area contributed by atoms with Gasteiger partial charge in [0.15, 0.2) is 0 Å². The zero-order valence-corrected chi connectivity index (χ0v) is 18.1. The molecule has 0 aliphatic heterocycles. The van der Waals surface area contributed by atoms with E-state index >= 15 is 0 Å². The number of thiophene rings is 1. The molecule has 23 heavy (non-hydrogen) atoms. The van der Waals surface area contributed by atoms with Gasteiger partial charge < -0.3 is 9.90 Å². The second kappa shape index (κ2) is 8.16. The molecule has 1 radical (unpaired) electrons. The minimum atomic E-state index is 0. The molecule has 0 fully saturated rings. The molecule has 1 aromatic carbocycles. The van der Waals surface area contributed by atoms with Crippen LogP contribution in [0.15, 0.2) is 24.3 Å². The van der Waals surface area contributed by atoms with E-state index < -0.39 is 0 Å². The first-order chi connectivity index (χ1) is 10.2. The van der Waals surface area contributed by atoms with Crippen LogP contribution in [0.2, 0.25) is 0 Å². The standard InChI is InChI=1S/C19H23O2S.Y/c1-12-6-7-14(10-15(12)11-20)18(19(3,4)5)17-9-8-16(22-17)13(2)21;/h6-7,9-10,18,20H,11H2,1-5H3;/q-1;. The molecule has 0 aliphatic carbocycles. The van der Waals surface area contributed by atoms with Crippen LogP contribution in [0, 0.1) is 18.4 Å². The number of aliphatic hydroxyl groups is 1. The topological polar surface area (TPSA) is 37.3 Å². The molecule has 0 amide bonds. The molecule has 0 aliphatic rings. The number of hydrogen-bond acceptors (Lipinski definition) is 3. The van der Waals surface area contributed by atoms with E-state index in [-0.39, 0.29) is 56.4 Å². The molecule has 1 heterocycles. The third kappa shape index (κ3) is 4.82. The monoisotopic (exact) mass is 404 g/mol. The number of benzene rings is 1. The van der Waals surface area contributed by atoms with Crippen LogP contribution < -0.4 is 0 Å². The summed E-state index contributed by atoms with van der Waals surface area (Å²) in [6.45, 7) is 10.2. The van der Waals surface area contributed by atoms with Crippen molar-refractivity contribution in [3.05, 3.63) is 56.8 Å². The molecule has 0 bridgehead atoms. The Morgan fingerprint density at radius 1 is 1.35 bits per heavy atom. The fourth-order valence-corrected chi connectivity index (χ4v) is 3.98. The summed E-state index contributed by atoms with van der Waals surface area (Å²) in [5.41, 5.74) is 3.24. The van der Waals surface area contributed by atoms with Crippen LogP contribution in [0.25, 0.3) is 0 Å². The Hall–Kier alpha value is -0.346. The van der Waals surface area contributed by atoms with Crippen molar-refractivity contribution in [2.24, 2.45) is 5.41 Å². The second-order valence-electron chi connectivity index (χ2n) is 6.82. The van der Waals surface area contributed by atoms with Crippen LogP contribution in [0.1, 0.15) is 64.9 Å². The molecule has 0 saturated heterocycles. The van der Waals surface area contributed by atoms with Crippen molar-refractivity contribution in [3.63, 3.8) is 0 Å². The van der Waals surface area contributed by atoms with Gasteiger partial charge in [0.05, 0.1) is 12.4 Å². The number of aliphatic hydroxyl groups excluding tert-OH is 1. The third-order valence-electron chi connectivity index (χ3n) is 3.91. The van der Waals surface area contributed by atoms with Crippen molar-refractivity contribution in [2.45, 2.75) is 47.1 Å². The van der Waals surface area contributed by atoms with E-state index in [2.05, 4.69) is 45.0 Å². The summed E-state index contributed by atoms with van der Waals surface area (Å²) in [6.07, 6.45) is 0. The predicted molar refractivity (Wildman–Crippen MR) is 91.6 cm³/mol. The van der Waals surface area contributed by atoms with Gasteiger partial charge in [0.25, 0.3) is 0 Å². The Labute approximate surface area is 168 Å². The molecular formula is C19H23O2SY-. The van der Waals surface area contributed by atoms with E-state index in [0.717, 1.165) is 16.0 Å². The van der Waals surface area contributed by atoms with Gasteiger partial charge in [0.1, 0.15) is 0 Å². The summed E-state index contributed by atoms with van der Waals surface area (Å²) in [5.74, 6) is 0.233. The Balaban J connectivity index is 0.00000264. The van der Waals surface area contributed by atoms with Crippen LogP contribution in [0.4, 0.5) is 0 Å². The van der Waals surface area contributed by atoms with Crippen molar-refractivity contribution in [1.29, 1.82) is 0 Å². The minimum absolute atomic E-state index is 0. The summed E-state index contributed by atoms with van der Waals surface area (Å²) in [6, 6.07) is 11.3. The van der Waals surface area contributed by atoms with Gasteiger partial charge in [-0.1, -0.05) is 54.3 Å². The van der Waals surface area contributed by atoms with Crippen molar-refractivity contribution >= 4 is 17.1 Å². The van der Waals surface area contributed by atoms with Gasteiger partial charge >= 0.3 is 0 Å². The first-order valence-electron chi connectivity index (χ1n) is 7.46. The Morgan fingerprint density at radius 3 is 2.48 bits per heavy atom. The van der Waals surface area contributed by atoms with Gasteiger partial charge in [0.2, 0.25) is 0 Å². The SMILES string of the molecule is CC(=O)c1[c-]cc(C(c2ccc(C)c(CO)c2)C(C)(C)C)s1.[Y].